The molecular weight excluding hydrogens is 489 g/mol. The Morgan fingerprint density at radius 2 is 1.89 bits per heavy atom. The van der Waals surface area contributed by atoms with Crippen molar-refractivity contribution in [2.24, 2.45) is 4.99 Å². The quantitative estimate of drug-likeness (QED) is 0.340. The third-order valence-electron chi connectivity index (χ3n) is 4.79. The Morgan fingerprint density at radius 1 is 1.21 bits per heavy atom. The first-order valence-corrected chi connectivity index (χ1v) is 10.1. The van der Waals surface area contributed by atoms with E-state index in [1.54, 1.807) is 0 Å². The molecule has 0 unspecified atom stereocenters. The van der Waals surface area contributed by atoms with Crippen molar-refractivity contribution in [3.63, 3.8) is 0 Å². The number of hydrogen-bond acceptors (Lipinski definition) is 3. The van der Waals surface area contributed by atoms with Crippen LogP contribution in [0.2, 0.25) is 5.02 Å². The van der Waals surface area contributed by atoms with Gasteiger partial charge in [-0.05, 0) is 38.2 Å². The van der Waals surface area contributed by atoms with Crippen molar-refractivity contribution in [1.82, 2.24) is 20.0 Å². The van der Waals surface area contributed by atoms with Gasteiger partial charge in [-0.1, -0.05) is 30.7 Å². The average Bonchev–Trinajstić information content (AvgIpc) is 2.67. The normalized spacial score (nSPS) is 14.8. The van der Waals surface area contributed by atoms with Gasteiger partial charge in [0, 0.05) is 44.3 Å². The second-order valence-electron chi connectivity index (χ2n) is 6.81. The standard InChI is InChI=1S/C20H32ClN5O.HI/c1-4-22-20(23-9-10-24(3)5-2)26-13-11-25(12-14-26)19(27)16-17-7-6-8-18(21)15-17;/h6-8,15H,4-5,9-14,16H2,1-3H3,(H,22,23);1H. The fourth-order valence-electron chi connectivity index (χ4n) is 3.01. The summed E-state index contributed by atoms with van der Waals surface area (Å²) in [5.74, 6) is 1.10. The van der Waals surface area contributed by atoms with Crippen molar-refractivity contribution in [2.45, 2.75) is 20.3 Å². The number of carbonyl (C=O) groups is 1. The minimum Gasteiger partial charge on any atom is -0.357 e. The topological polar surface area (TPSA) is 51.2 Å². The smallest absolute Gasteiger partial charge is 0.227 e. The SMILES string of the molecule is CCNC(=NCCN(C)CC)N1CCN(C(=O)Cc2cccc(Cl)c2)CC1.I. The van der Waals surface area contributed by atoms with Crippen LogP contribution in [-0.4, -0.2) is 86.0 Å². The predicted octanol–water partition coefficient (Wildman–Crippen LogP) is 2.56. The van der Waals surface area contributed by atoms with E-state index in [0.717, 1.165) is 63.9 Å². The lowest BCUT2D eigenvalue weighted by Gasteiger charge is -2.36. The van der Waals surface area contributed by atoms with Gasteiger partial charge in [-0.15, -0.1) is 24.0 Å². The number of nitrogens with one attached hydrogen (secondary N) is 1. The van der Waals surface area contributed by atoms with Crippen LogP contribution < -0.4 is 5.32 Å². The number of guanidine groups is 1. The summed E-state index contributed by atoms with van der Waals surface area (Å²) in [6.45, 7) is 10.9. The molecule has 0 spiro atoms. The minimum atomic E-state index is 0. The van der Waals surface area contributed by atoms with Gasteiger partial charge in [0.25, 0.3) is 0 Å². The maximum absolute atomic E-state index is 12.6. The van der Waals surface area contributed by atoms with Crippen molar-refractivity contribution in [2.75, 3.05) is 59.4 Å². The Labute approximate surface area is 191 Å². The number of benzene rings is 1. The maximum Gasteiger partial charge on any atom is 0.227 e. The molecule has 0 aromatic heterocycles. The number of amides is 1. The Bertz CT molecular complexity index is 635. The number of likely N-dealkylation sites (N-methyl/N-ethyl adjacent to an activating group) is 1. The maximum atomic E-state index is 12.6. The molecule has 2 rings (SSSR count). The van der Waals surface area contributed by atoms with Crippen molar-refractivity contribution in [3.05, 3.63) is 34.9 Å². The van der Waals surface area contributed by atoms with E-state index in [1.807, 2.05) is 29.2 Å². The van der Waals surface area contributed by atoms with Gasteiger partial charge in [-0.25, -0.2) is 0 Å². The summed E-state index contributed by atoms with van der Waals surface area (Å²) in [5, 5.41) is 4.05. The lowest BCUT2D eigenvalue weighted by molar-refractivity contribution is -0.131. The number of nitrogens with zero attached hydrogens (tertiary/aromatic N) is 4. The lowest BCUT2D eigenvalue weighted by atomic mass is 10.1. The highest BCUT2D eigenvalue weighted by atomic mass is 127. The highest BCUT2D eigenvalue weighted by Crippen LogP contribution is 2.13. The van der Waals surface area contributed by atoms with E-state index >= 15 is 0 Å². The van der Waals surface area contributed by atoms with E-state index in [9.17, 15) is 4.79 Å². The molecule has 1 fully saturated rings. The van der Waals surface area contributed by atoms with Crippen molar-refractivity contribution in [1.29, 1.82) is 0 Å². The Hall–Kier alpha value is -1.06. The molecule has 1 heterocycles. The summed E-state index contributed by atoms with van der Waals surface area (Å²) in [7, 11) is 2.10. The van der Waals surface area contributed by atoms with E-state index in [0.29, 0.717) is 11.4 Å². The molecule has 28 heavy (non-hydrogen) atoms. The molecule has 1 saturated heterocycles. The summed E-state index contributed by atoms with van der Waals surface area (Å²) in [4.78, 5) is 23.8. The number of hydrogen-bond donors (Lipinski definition) is 1. The third kappa shape index (κ3) is 8.13. The van der Waals surface area contributed by atoms with Crippen LogP contribution in [0.15, 0.2) is 29.3 Å². The third-order valence-corrected chi connectivity index (χ3v) is 5.03. The fraction of sp³-hybridized carbons (Fsp3) is 0.600. The number of aliphatic imine (C=N–C) groups is 1. The molecule has 1 amide bonds. The Balaban J connectivity index is 0.00000392. The number of piperazine rings is 1. The second-order valence-corrected chi connectivity index (χ2v) is 7.24. The molecule has 0 atom stereocenters. The number of rotatable bonds is 7. The van der Waals surface area contributed by atoms with Gasteiger partial charge in [0.05, 0.1) is 13.0 Å². The molecule has 1 aromatic rings. The average molecular weight is 522 g/mol. The summed E-state index contributed by atoms with van der Waals surface area (Å²) in [5.41, 5.74) is 0.963. The van der Waals surface area contributed by atoms with Crippen molar-refractivity contribution < 1.29 is 4.79 Å². The Morgan fingerprint density at radius 3 is 2.50 bits per heavy atom. The lowest BCUT2D eigenvalue weighted by Crippen LogP contribution is -2.54. The molecule has 8 heteroatoms. The minimum absolute atomic E-state index is 0. The molecule has 0 radical (unpaired) electrons. The molecule has 1 aliphatic rings. The van der Waals surface area contributed by atoms with Crippen LogP contribution in [0, 0.1) is 0 Å². The van der Waals surface area contributed by atoms with Crippen LogP contribution >= 0.6 is 35.6 Å². The summed E-state index contributed by atoms with van der Waals surface area (Å²) in [6.07, 6.45) is 0.401. The highest BCUT2D eigenvalue weighted by Gasteiger charge is 2.23. The molecule has 1 aromatic carbocycles. The zero-order valence-corrected chi connectivity index (χ0v) is 20.2. The van der Waals surface area contributed by atoms with Gasteiger partial charge in [0.2, 0.25) is 5.91 Å². The van der Waals surface area contributed by atoms with Gasteiger partial charge < -0.3 is 20.0 Å². The molecule has 6 nitrogen and oxygen atoms in total. The summed E-state index contributed by atoms with van der Waals surface area (Å²) < 4.78 is 0. The monoisotopic (exact) mass is 521 g/mol. The van der Waals surface area contributed by atoms with Gasteiger partial charge in [-0.3, -0.25) is 9.79 Å². The van der Waals surface area contributed by atoms with Crippen LogP contribution in [0.3, 0.4) is 0 Å². The predicted molar refractivity (Wildman–Crippen MR) is 128 cm³/mol. The van der Waals surface area contributed by atoms with E-state index in [2.05, 4.69) is 36.0 Å². The van der Waals surface area contributed by atoms with Gasteiger partial charge >= 0.3 is 0 Å². The van der Waals surface area contributed by atoms with Crippen LogP contribution in [0.5, 0.6) is 0 Å². The van der Waals surface area contributed by atoms with E-state index in [-0.39, 0.29) is 29.9 Å². The van der Waals surface area contributed by atoms with Crippen LogP contribution in [0.4, 0.5) is 0 Å². The largest absolute Gasteiger partial charge is 0.357 e. The zero-order chi connectivity index (χ0) is 19.6. The van der Waals surface area contributed by atoms with E-state index in [1.165, 1.54) is 0 Å². The first-order valence-electron chi connectivity index (χ1n) is 9.77. The highest BCUT2D eigenvalue weighted by molar-refractivity contribution is 14.0. The molecule has 158 valence electrons. The van der Waals surface area contributed by atoms with Gasteiger partial charge in [-0.2, -0.15) is 0 Å². The number of carbonyl (C=O) groups excluding carboxylic acids is 1. The Kier molecular flexibility index (Phi) is 11.8. The van der Waals surface area contributed by atoms with Crippen LogP contribution in [0.1, 0.15) is 19.4 Å². The van der Waals surface area contributed by atoms with E-state index < -0.39 is 0 Å². The van der Waals surface area contributed by atoms with Crippen LogP contribution in [-0.2, 0) is 11.2 Å². The first kappa shape index (κ1) is 25.0. The second kappa shape index (κ2) is 13.2. The number of halogens is 2. The first-order chi connectivity index (χ1) is 13.0. The van der Waals surface area contributed by atoms with Crippen LogP contribution in [0.25, 0.3) is 0 Å². The molecule has 0 aliphatic carbocycles. The van der Waals surface area contributed by atoms with Gasteiger partial charge in [0.1, 0.15) is 0 Å². The summed E-state index contributed by atoms with van der Waals surface area (Å²) >= 11 is 6.01. The van der Waals surface area contributed by atoms with E-state index in [4.69, 9.17) is 16.6 Å². The van der Waals surface area contributed by atoms with Crippen molar-refractivity contribution >= 4 is 47.4 Å². The van der Waals surface area contributed by atoms with Gasteiger partial charge in [0.15, 0.2) is 5.96 Å². The summed E-state index contributed by atoms with van der Waals surface area (Å²) in [6, 6.07) is 7.52. The molecular formula is C20H33ClIN5O. The molecule has 0 bridgehead atoms. The molecule has 0 saturated carbocycles. The fourth-order valence-corrected chi connectivity index (χ4v) is 3.22. The molecule has 1 aliphatic heterocycles. The van der Waals surface area contributed by atoms with Crippen molar-refractivity contribution in [3.8, 4) is 0 Å². The molecule has 1 N–H and O–H groups in total. The zero-order valence-electron chi connectivity index (χ0n) is 17.2.